The minimum Gasteiger partial charge on any atom is -0.316 e. The van der Waals surface area contributed by atoms with Gasteiger partial charge in [-0.3, -0.25) is 19.0 Å². The van der Waals surface area contributed by atoms with Crippen molar-refractivity contribution in [1.29, 1.82) is 0 Å². The third-order valence-electron chi connectivity index (χ3n) is 13.9. The highest BCUT2D eigenvalue weighted by Gasteiger charge is 2.67. The van der Waals surface area contributed by atoms with Gasteiger partial charge in [0.05, 0.1) is 12.5 Å². The lowest BCUT2D eigenvalue weighted by Crippen LogP contribution is -2.31. The first-order chi connectivity index (χ1) is 29.9. The summed E-state index contributed by atoms with van der Waals surface area (Å²) in [5, 5.41) is 3.42. The molecule has 0 amide bonds. The Bertz CT molecular complexity index is 2420. The molecule has 4 unspecified atom stereocenters. The van der Waals surface area contributed by atoms with Crippen molar-refractivity contribution < 1.29 is 26.4 Å². The van der Waals surface area contributed by atoms with E-state index >= 15 is 0 Å². The van der Waals surface area contributed by atoms with E-state index in [0.717, 1.165) is 82.4 Å². The molecule has 4 aromatic carbocycles. The van der Waals surface area contributed by atoms with E-state index in [9.17, 15) is 26.4 Å². The predicted molar refractivity (Wildman–Crippen MR) is 257 cm³/mol. The molecule has 0 bridgehead atoms. The second-order valence-corrected chi connectivity index (χ2v) is 21.8. The first-order valence-electron chi connectivity index (χ1n) is 22.3. The number of carbonyl (C=O) groups excluding carboxylic acids is 2. The van der Waals surface area contributed by atoms with Gasteiger partial charge in [-0.15, -0.1) is 11.6 Å². The van der Waals surface area contributed by atoms with E-state index in [-0.39, 0.29) is 22.4 Å². The number of likely N-dealkylation sites (tertiary alicyclic amines) is 1. The molecular formula is C50H65ClN4O6S2. The highest BCUT2D eigenvalue weighted by molar-refractivity contribution is 7.92. The largest absolute Gasteiger partial charge is 0.316 e. The number of halogens is 1. The number of aryl methyl sites for hydroxylation is 2. The lowest BCUT2D eigenvalue weighted by Gasteiger charge is -2.27. The number of fused-ring (bicyclic) bond motifs is 2. The Kier molecular flexibility index (Phi) is 15.7. The van der Waals surface area contributed by atoms with E-state index in [1.165, 1.54) is 34.8 Å². The van der Waals surface area contributed by atoms with Crippen LogP contribution in [-0.2, 0) is 43.7 Å². The van der Waals surface area contributed by atoms with Crippen molar-refractivity contribution in [3.05, 3.63) is 130 Å². The van der Waals surface area contributed by atoms with Crippen LogP contribution in [0.1, 0.15) is 96.3 Å². The number of hydrogen-bond acceptors (Lipinski definition) is 8. The van der Waals surface area contributed by atoms with Gasteiger partial charge >= 0.3 is 0 Å². The van der Waals surface area contributed by atoms with Crippen LogP contribution >= 0.6 is 11.6 Å². The van der Waals surface area contributed by atoms with Crippen LogP contribution in [0.4, 0.5) is 11.4 Å². The fraction of sp³-hybridized carbons (Fsp3) is 0.480. The SMILES string of the molecule is CC(=O)c1ccc(CCCCl)cc1.CCC1(c2cccc(NS(C)(=O)=O)c2)C2CN(CCCc3ccc(C(C)=O)cc3)CC21.CCC1(c2cccc(NS(C)(=O)=O)c2)C2CNCC21. The van der Waals surface area contributed by atoms with Crippen molar-refractivity contribution in [2.45, 2.75) is 77.0 Å². The summed E-state index contributed by atoms with van der Waals surface area (Å²) in [6.07, 6.45) is 8.70. The van der Waals surface area contributed by atoms with Gasteiger partial charge < -0.3 is 10.2 Å². The molecule has 2 heterocycles. The number of anilines is 2. The molecule has 2 aliphatic heterocycles. The van der Waals surface area contributed by atoms with Gasteiger partial charge in [-0.1, -0.05) is 86.6 Å². The van der Waals surface area contributed by atoms with Gasteiger partial charge in [0.2, 0.25) is 20.0 Å². The number of sulfonamides is 2. The molecule has 13 heteroatoms. The molecule has 4 atom stereocenters. The number of ketones is 2. The Hall–Kier alpha value is -4.07. The van der Waals surface area contributed by atoms with Crippen molar-refractivity contribution >= 4 is 54.6 Å². The number of nitrogens with one attached hydrogen (secondary N) is 3. The molecule has 0 aromatic heterocycles. The standard InChI is InChI=1S/C25H32N2O3S.C14H20N2O2S.C11H13ClO/c1-4-25(21-8-5-9-22(15-21)26-31(3,29)30)23-16-27(17-24(23)25)14-6-7-19-10-12-20(13-11-19)18(2)28;1-3-14(12-8-15-9-13(12)14)10-5-4-6-11(7-10)16-19(2,17)18;1-9(13)11-6-4-10(5-7-11)3-2-8-12/h5,8-13,15,23-24,26H,4,6-7,14,16-17H2,1-3H3;4-7,12-13,15-16H,3,8-9H2,1-2H3;4-7H,2-3,8H2,1H3. The maximum Gasteiger partial charge on any atom is 0.229 e. The van der Waals surface area contributed by atoms with Crippen LogP contribution in [0.5, 0.6) is 0 Å². The van der Waals surface area contributed by atoms with Crippen LogP contribution in [0.15, 0.2) is 97.1 Å². The number of carbonyl (C=O) groups is 2. The monoisotopic (exact) mass is 916 g/mol. The molecule has 3 N–H and O–H groups in total. The van der Waals surface area contributed by atoms with E-state index in [0.29, 0.717) is 40.9 Å². The second-order valence-electron chi connectivity index (χ2n) is 17.9. The van der Waals surface area contributed by atoms with Crippen LogP contribution < -0.4 is 14.8 Å². The van der Waals surface area contributed by atoms with E-state index in [1.54, 1.807) is 13.8 Å². The zero-order valence-corrected chi connectivity index (χ0v) is 40.0. The average molecular weight is 918 g/mol. The molecule has 2 aliphatic carbocycles. The van der Waals surface area contributed by atoms with Gasteiger partial charge in [0.25, 0.3) is 0 Å². The van der Waals surface area contributed by atoms with Gasteiger partial charge in [-0.05, 0) is 142 Å². The molecule has 8 rings (SSSR count). The minimum atomic E-state index is -3.27. The number of alkyl halides is 1. The molecule has 2 saturated heterocycles. The van der Waals surface area contributed by atoms with Crippen molar-refractivity contribution in [3.8, 4) is 0 Å². The minimum absolute atomic E-state index is 0.111. The predicted octanol–water partition coefficient (Wildman–Crippen LogP) is 8.72. The Morgan fingerprint density at radius 2 is 1.06 bits per heavy atom. The molecule has 4 fully saturated rings. The summed E-state index contributed by atoms with van der Waals surface area (Å²) in [5.74, 6) is 3.65. The molecule has 63 heavy (non-hydrogen) atoms. The molecule has 10 nitrogen and oxygen atoms in total. The number of piperidine rings is 2. The van der Waals surface area contributed by atoms with Crippen LogP contribution in [0.25, 0.3) is 0 Å². The maximum absolute atomic E-state index is 11.6. The van der Waals surface area contributed by atoms with Crippen molar-refractivity contribution in [3.63, 3.8) is 0 Å². The fourth-order valence-electron chi connectivity index (χ4n) is 10.7. The highest BCUT2D eigenvalue weighted by Crippen LogP contribution is 2.66. The maximum atomic E-state index is 11.6. The first-order valence-corrected chi connectivity index (χ1v) is 26.6. The Labute approximate surface area is 381 Å². The van der Waals surface area contributed by atoms with E-state index in [1.807, 2.05) is 72.8 Å². The van der Waals surface area contributed by atoms with Gasteiger partial charge in [0, 0.05) is 52.3 Å². The number of Topliss-reactive ketones (excluding diaryl/α,β-unsaturated/α-hetero) is 2. The van der Waals surface area contributed by atoms with Crippen molar-refractivity contribution in [2.24, 2.45) is 23.7 Å². The Morgan fingerprint density at radius 3 is 1.44 bits per heavy atom. The fourth-order valence-corrected chi connectivity index (χ4v) is 12.0. The number of benzene rings is 4. The molecule has 4 aromatic rings. The topological polar surface area (TPSA) is 142 Å². The second kappa shape index (κ2) is 20.4. The van der Waals surface area contributed by atoms with Crippen molar-refractivity contribution in [1.82, 2.24) is 10.2 Å². The molecule has 2 saturated carbocycles. The van der Waals surface area contributed by atoms with Crippen LogP contribution in [0.3, 0.4) is 0 Å². The first kappa shape index (κ1) is 48.4. The summed E-state index contributed by atoms with van der Waals surface area (Å²) in [6.45, 7) is 13.2. The summed E-state index contributed by atoms with van der Waals surface area (Å²) < 4.78 is 51.0. The normalized spacial score (nSPS) is 24.4. The number of rotatable bonds is 17. The molecule has 0 spiro atoms. The summed E-state index contributed by atoms with van der Waals surface area (Å²) in [6, 6.07) is 31.5. The zero-order valence-electron chi connectivity index (χ0n) is 37.6. The van der Waals surface area contributed by atoms with Crippen LogP contribution in [-0.4, -0.2) is 84.4 Å². The summed E-state index contributed by atoms with van der Waals surface area (Å²) in [4.78, 5) is 24.9. The van der Waals surface area contributed by atoms with E-state index < -0.39 is 20.0 Å². The highest BCUT2D eigenvalue weighted by atomic mass is 35.5. The van der Waals surface area contributed by atoms with Gasteiger partial charge in [0.1, 0.15) is 0 Å². The molecular weight excluding hydrogens is 852 g/mol. The third kappa shape index (κ3) is 11.8. The number of hydrogen-bond donors (Lipinski definition) is 3. The van der Waals surface area contributed by atoms with Crippen molar-refractivity contribution in [2.75, 3.05) is 60.6 Å². The lowest BCUT2D eigenvalue weighted by atomic mass is 9.87. The van der Waals surface area contributed by atoms with E-state index in [2.05, 4.69) is 57.8 Å². The summed E-state index contributed by atoms with van der Waals surface area (Å²) in [7, 11) is -6.47. The zero-order chi connectivity index (χ0) is 45.6. The Balaban J connectivity index is 0.000000175. The quantitative estimate of drug-likeness (QED) is 0.0706. The molecule has 4 aliphatic rings. The van der Waals surface area contributed by atoms with Crippen LogP contribution in [0, 0.1) is 23.7 Å². The van der Waals surface area contributed by atoms with E-state index in [4.69, 9.17) is 11.6 Å². The molecule has 340 valence electrons. The summed E-state index contributed by atoms with van der Waals surface area (Å²) in [5.41, 5.74) is 8.40. The molecule has 0 radical (unpaired) electrons. The average Bonchev–Trinajstić information content (AvgIpc) is 3.79. The third-order valence-corrected chi connectivity index (χ3v) is 15.4. The van der Waals surface area contributed by atoms with Crippen LogP contribution in [0.2, 0.25) is 0 Å². The lowest BCUT2D eigenvalue weighted by molar-refractivity contribution is 0.100. The summed E-state index contributed by atoms with van der Waals surface area (Å²) >= 11 is 5.58. The van der Waals surface area contributed by atoms with Gasteiger partial charge in [0.15, 0.2) is 11.6 Å². The smallest absolute Gasteiger partial charge is 0.229 e. The Morgan fingerprint density at radius 1 is 0.651 bits per heavy atom. The van der Waals surface area contributed by atoms with Gasteiger partial charge in [-0.2, -0.15) is 0 Å². The van der Waals surface area contributed by atoms with Gasteiger partial charge in [-0.25, -0.2) is 16.8 Å². The number of nitrogens with zero attached hydrogens (tertiary/aromatic N) is 1.